The van der Waals surface area contributed by atoms with Crippen LogP contribution in [0.2, 0.25) is 0 Å². The largest absolute Gasteiger partial charge is 0.435 e. The minimum absolute atomic E-state index is 0.0209. The Morgan fingerprint density at radius 3 is 2.20 bits per heavy atom. The maximum Gasteiger partial charge on any atom is 0.387 e. The van der Waals surface area contributed by atoms with E-state index in [1.807, 2.05) is 27.7 Å². The van der Waals surface area contributed by atoms with E-state index in [1.165, 1.54) is 12.1 Å². The summed E-state index contributed by atoms with van der Waals surface area (Å²) in [6.45, 7) is 5.54. The van der Waals surface area contributed by atoms with Gasteiger partial charge in [-0.15, -0.1) is 0 Å². The van der Waals surface area contributed by atoms with Gasteiger partial charge in [-0.25, -0.2) is 0 Å². The van der Waals surface area contributed by atoms with Crippen LogP contribution < -0.4 is 10.1 Å². The molecule has 0 aromatic heterocycles. The number of alkyl halides is 2. The molecule has 0 aliphatic rings. The molecule has 0 saturated carbocycles. The van der Waals surface area contributed by atoms with Crippen molar-refractivity contribution in [3.63, 3.8) is 0 Å². The van der Waals surface area contributed by atoms with Crippen LogP contribution >= 0.6 is 0 Å². The second-order valence-corrected chi connectivity index (χ2v) is 5.96. The summed E-state index contributed by atoms with van der Waals surface area (Å²) in [6.07, 6.45) is -0.452. The lowest BCUT2D eigenvalue weighted by molar-refractivity contribution is -0.0498. The fourth-order valence-electron chi connectivity index (χ4n) is 1.65. The van der Waals surface area contributed by atoms with E-state index in [0.717, 1.165) is 5.56 Å². The van der Waals surface area contributed by atoms with Gasteiger partial charge in [0.25, 0.3) is 0 Å². The average molecular weight is 287 g/mol. The van der Waals surface area contributed by atoms with E-state index >= 15 is 0 Å². The van der Waals surface area contributed by atoms with E-state index in [1.54, 1.807) is 12.1 Å². The minimum Gasteiger partial charge on any atom is -0.435 e. The molecule has 0 radical (unpaired) electrons. The van der Waals surface area contributed by atoms with Gasteiger partial charge in [0.1, 0.15) is 5.75 Å². The number of ether oxygens (including phenoxy) is 1. The first kappa shape index (κ1) is 16.9. The SMILES string of the molecule is CC(NCC(O)C(C)(C)C)c1ccc(OC(F)F)cc1. The molecule has 1 aromatic rings. The molecule has 20 heavy (non-hydrogen) atoms. The van der Waals surface area contributed by atoms with E-state index in [4.69, 9.17) is 0 Å². The number of aliphatic hydroxyl groups excluding tert-OH is 1. The molecular weight excluding hydrogens is 264 g/mol. The Morgan fingerprint density at radius 1 is 1.20 bits per heavy atom. The maximum atomic E-state index is 12.0. The van der Waals surface area contributed by atoms with Crippen molar-refractivity contribution < 1.29 is 18.6 Å². The molecule has 0 fully saturated rings. The molecule has 0 aliphatic carbocycles. The number of aliphatic hydroxyl groups is 1. The van der Waals surface area contributed by atoms with Gasteiger partial charge in [0.05, 0.1) is 6.10 Å². The fraction of sp³-hybridized carbons (Fsp3) is 0.600. The monoisotopic (exact) mass is 287 g/mol. The van der Waals surface area contributed by atoms with Crippen LogP contribution in [0.4, 0.5) is 8.78 Å². The van der Waals surface area contributed by atoms with Crippen molar-refractivity contribution in [3.05, 3.63) is 29.8 Å². The molecule has 5 heteroatoms. The summed E-state index contributed by atoms with van der Waals surface area (Å²) in [6, 6.07) is 6.52. The Morgan fingerprint density at radius 2 is 1.75 bits per heavy atom. The molecule has 0 bridgehead atoms. The van der Waals surface area contributed by atoms with Crippen LogP contribution in [0.25, 0.3) is 0 Å². The topological polar surface area (TPSA) is 41.5 Å². The van der Waals surface area contributed by atoms with Gasteiger partial charge in [0.2, 0.25) is 0 Å². The number of hydrogen-bond donors (Lipinski definition) is 2. The number of nitrogens with one attached hydrogen (secondary N) is 1. The van der Waals surface area contributed by atoms with Crippen molar-refractivity contribution in [2.24, 2.45) is 5.41 Å². The summed E-state index contributed by atoms with van der Waals surface area (Å²) < 4.78 is 28.4. The summed E-state index contributed by atoms with van der Waals surface area (Å²) in [7, 11) is 0. The lowest BCUT2D eigenvalue weighted by atomic mass is 9.89. The summed E-state index contributed by atoms with van der Waals surface area (Å²) in [5.41, 5.74) is 0.773. The fourth-order valence-corrected chi connectivity index (χ4v) is 1.65. The average Bonchev–Trinajstić information content (AvgIpc) is 2.34. The van der Waals surface area contributed by atoms with E-state index in [-0.39, 0.29) is 17.2 Å². The third kappa shape index (κ3) is 5.43. The molecule has 0 saturated heterocycles. The van der Waals surface area contributed by atoms with E-state index in [2.05, 4.69) is 10.1 Å². The molecule has 3 nitrogen and oxygen atoms in total. The van der Waals surface area contributed by atoms with Crippen molar-refractivity contribution in [2.75, 3.05) is 6.54 Å². The van der Waals surface area contributed by atoms with Crippen molar-refractivity contribution in [1.29, 1.82) is 0 Å². The Labute approximate surface area is 119 Å². The Bertz CT molecular complexity index is 401. The van der Waals surface area contributed by atoms with Crippen molar-refractivity contribution in [3.8, 4) is 5.75 Å². The van der Waals surface area contributed by atoms with Gasteiger partial charge in [-0.3, -0.25) is 0 Å². The maximum absolute atomic E-state index is 12.0. The number of rotatable bonds is 6. The molecule has 1 aromatic carbocycles. The number of hydrogen-bond acceptors (Lipinski definition) is 3. The second-order valence-electron chi connectivity index (χ2n) is 5.96. The minimum atomic E-state index is -2.81. The highest BCUT2D eigenvalue weighted by molar-refractivity contribution is 5.28. The molecule has 2 unspecified atom stereocenters. The van der Waals surface area contributed by atoms with Crippen LogP contribution in [0, 0.1) is 5.41 Å². The quantitative estimate of drug-likeness (QED) is 0.843. The second kappa shape index (κ2) is 6.99. The molecule has 1 rings (SSSR count). The molecule has 0 heterocycles. The normalized spacial score (nSPS) is 15.2. The van der Waals surface area contributed by atoms with Crippen LogP contribution in [-0.4, -0.2) is 24.4 Å². The Hall–Kier alpha value is -1.20. The molecule has 2 atom stereocenters. The zero-order valence-corrected chi connectivity index (χ0v) is 12.4. The van der Waals surface area contributed by atoms with Crippen molar-refractivity contribution >= 4 is 0 Å². The lowest BCUT2D eigenvalue weighted by Crippen LogP contribution is -2.37. The van der Waals surface area contributed by atoms with Crippen LogP contribution in [0.15, 0.2) is 24.3 Å². The van der Waals surface area contributed by atoms with E-state index < -0.39 is 12.7 Å². The van der Waals surface area contributed by atoms with E-state index in [0.29, 0.717) is 6.54 Å². The lowest BCUT2D eigenvalue weighted by Gasteiger charge is -2.27. The van der Waals surface area contributed by atoms with Gasteiger partial charge in [-0.05, 0) is 30.0 Å². The highest BCUT2D eigenvalue weighted by Gasteiger charge is 2.22. The number of benzene rings is 1. The summed E-state index contributed by atoms with van der Waals surface area (Å²) >= 11 is 0. The molecule has 2 N–H and O–H groups in total. The number of halogens is 2. The molecule has 114 valence electrons. The molecular formula is C15H23F2NO2. The van der Waals surface area contributed by atoms with Crippen molar-refractivity contribution in [1.82, 2.24) is 5.32 Å². The zero-order valence-electron chi connectivity index (χ0n) is 12.4. The van der Waals surface area contributed by atoms with Crippen LogP contribution in [0.5, 0.6) is 5.75 Å². The Kier molecular flexibility index (Phi) is 5.89. The summed E-state index contributed by atoms with van der Waals surface area (Å²) in [4.78, 5) is 0. The third-order valence-electron chi connectivity index (χ3n) is 3.22. The third-order valence-corrected chi connectivity index (χ3v) is 3.22. The smallest absolute Gasteiger partial charge is 0.387 e. The van der Waals surface area contributed by atoms with E-state index in [9.17, 15) is 13.9 Å². The standard InChI is InChI=1S/C15H23F2NO2/c1-10(18-9-13(19)15(2,3)4)11-5-7-12(8-6-11)20-14(16)17/h5-8,10,13-14,18-19H,9H2,1-4H3. The highest BCUT2D eigenvalue weighted by atomic mass is 19.3. The van der Waals surface area contributed by atoms with Gasteiger partial charge in [0.15, 0.2) is 0 Å². The highest BCUT2D eigenvalue weighted by Crippen LogP contribution is 2.21. The predicted molar refractivity (Wildman–Crippen MR) is 75.0 cm³/mol. The first-order valence-corrected chi connectivity index (χ1v) is 6.66. The zero-order chi connectivity index (χ0) is 15.3. The van der Waals surface area contributed by atoms with Gasteiger partial charge in [0, 0.05) is 12.6 Å². The van der Waals surface area contributed by atoms with Crippen LogP contribution in [0.3, 0.4) is 0 Å². The van der Waals surface area contributed by atoms with Gasteiger partial charge in [-0.1, -0.05) is 32.9 Å². The van der Waals surface area contributed by atoms with Crippen LogP contribution in [0.1, 0.15) is 39.3 Å². The van der Waals surface area contributed by atoms with Gasteiger partial charge >= 0.3 is 6.61 Å². The molecule has 0 spiro atoms. The van der Waals surface area contributed by atoms with Gasteiger partial charge in [-0.2, -0.15) is 8.78 Å². The van der Waals surface area contributed by atoms with Gasteiger partial charge < -0.3 is 15.2 Å². The summed E-state index contributed by atoms with van der Waals surface area (Å²) in [5.74, 6) is 0.144. The molecule has 0 amide bonds. The summed E-state index contributed by atoms with van der Waals surface area (Å²) in [5, 5.41) is 13.2. The Balaban J connectivity index is 2.53. The van der Waals surface area contributed by atoms with Crippen LogP contribution in [-0.2, 0) is 0 Å². The predicted octanol–water partition coefficient (Wildman–Crippen LogP) is 3.35. The van der Waals surface area contributed by atoms with Crippen molar-refractivity contribution in [2.45, 2.75) is 46.5 Å². The molecule has 0 aliphatic heterocycles. The first-order chi connectivity index (χ1) is 9.20. The first-order valence-electron chi connectivity index (χ1n) is 6.66.